The number of rotatable bonds is 5. The number of benzene rings is 1. The third kappa shape index (κ3) is 4.08. The van der Waals surface area contributed by atoms with Gasteiger partial charge in [-0.15, -0.1) is 0 Å². The van der Waals surface area contributed by atoms with Crippen LogP contribution in [0.3, 0.4) is 0 Å². The van der Waals surface area contributed by atoms with Gasteiger partial charge in [0.15, 0.2) is 0 Å². The predicted molar refractivity (Wildman–Crippen MR) is 94.0 cm³/mol. The Hall–Kier alpha value is -2.47. The van der Waals surface area contributed by atoms with Crippen LogP contribution in [0.15, 0.2) is 42.7 Å². The molecular formula is C18H23N5O. The molecule has 3 rings (SSSR count). The van der Waals surface area contributed by atoms with E-state index in [1.54, 1.807) is 12.4 Å². The van der Waals surface area contributed by atoms with Crippen LogP contribution in [0.25, 0.3) is 0 Å². The Balaban J connectivity index is 1.55. The molecular weight excluding hydrogens is 302 g/mol. The number of amides is 1. The van der Waals surface area contributed by atoms with Crippen molar-refractivity contribution in [2.24, 2.45) is 0 Å². The number of hydrogen-bond donors (Lipinski definition) is 1. The lowest BCUT2D eigenvalue weighted by molar-refractivity contribution is 0.0950. The minimum atomic E-state index is -0.152. The van der Waals surface area contributed by atoms with E-state index in [-0.39, 0.29) is 5.91 Å². The van der Waals surface area contributed by atoms with Crippen molar-refractivity contribution in [3.8, 4) is 0 Å². The van der Waals surface area contributed by atoms with E-state index in [1.165, 1.54) is 0 Å². The fraction of sp³-hybridized carbons (Fsp3) is 0.389. The zero-order valence-corrected chi connectivity index (χ0v) is 14.0. The smallest absolute Gasteiger partial charge is 0.254 e. The minimum Gasteiger partial charge on any atom is -0.348 e. The Bertz CT molecular complexity index is 651. The van der Waals surface area contributed by atoms with Gasteiger partial charge in [0.1, 0.15) is 0 Å². The summed E-state index contributed by atoms with van der Waals surface area (Å²) in [4.78, 5) is 25.5. The second-order valence-corrected chi connectivity index (χ2v) is 5.86. The summed E-state index contributed by atoms with van der Waals surface area (Å²) >= 11 is 0. The number of nitrogens with zero attached hydrogens (tertiary/aromatic N) is 4. The van der Waals surface area contributed by atoms with Crippen LogP contribution in [0, 0.1) is 0 Å². The van der Waals surface area contributed by atoms with Gasteiger partial charge in [0.05, 0.1) is 5.56 Å². The molecule has 1 amide bonds. The molecule has 0 unspecified atom stereocenters. The molecule has 0 atom stereocenters. The SMILES string of the molecule is CCN1CCN(c2ncc(C(=O)NCc3ccccc3)cn2)CC1. The highest BCUT2D eigenvalue weighted by molar-refractivity contribution is 5.93. The van der Waals surface area contributed by atoms with E-state index in [4.69, 9.17) is 0 Å². The third-order valence-corrected chi connectivity index (χ3v) is 4.30. The first-order chi connectivity index (χ1) is 11.8. The third-order valence-electron chi connectivity index (χ3n) is 4.30. The number of nitrogens with one attached hydrogen (secondary N) is 1. The topological polar surface area (TPSA) is 61.4 Å². The van der Waals surface area contributed by atoms with Gasteiger partial charge < -0.3 is 15.1 Å². The fourth-order valence-electron chi connectivity index (χ4n) is 2.75. The van der Waals surface area contributed by atoms with Gasteiger partial charge in [-0.1, -0.05) is 37.3 Å². The molecule has 126 valence electrons. The van der Waals surface area contributed by atoms with Crippen LogP contribution in [0.1, 0.15) is 22.8 Å². The highest BCUT2D eigenvalue weighted by atomic mass is 16.1. The molecule has 24 heavy (non-hydrogen) atoms. The maximum absolute atomic E-state index is 12.2. The number of carbonyl (C=O) groups excluding carboxylic acids is 1. The quantitative estimate of drug-likeness (QED) is 0.904. The maximum atomic E-state index is 12.2. The summed E-state index contributed by atoms with van der Waals surface area (Å²) < 4.78 is 0. The van der Waals surface area contributed by atoms with Crippen molar-refractivity contribution in [1.82, 2.24) is 20.2 Å². The second kappa shape index (κ2) is 7.88. The zero-order valence-electron chi connectivity index (χ0n) is 14.0. The molecule has 0 spiro atoms. The lowest BCUT2D eigenvalue weighted by Gasteiger charge is -2.33. The van der Waals surface area contributed by atoms with Crippen molar-refractivity contribution >= 4 is 11.9 Å². The summed E-state index contributed by atoms with van der Waals surface area (Å²) in [7, 11) is 0. The highest BCUT2D eigenvalue weighted by Crippen LogP contribution is 2.11. The Morgan fingerprint density at radius 1 is 1.08 bits per heavy atom. The molecule has 0 bridgehead atoms. The Morgan fingerprint density at radius 2 is 1.75 bits per heavy atom. The molecule has 1 N–H and O–H groups in total. The fourth-order valence-corrected chi connectivity index (χ4v) is 2.75. The van der Waals surface area contributed by atoms with Gasteiger partial charge in [0, 0.05) is 45.1 Å². The van der Waals surface area contributed by atoms with Crippen molar-refractivity contribution in [1.29, 1.82) is 0 Å². The normalized spacial score (nSPS) is 15.3. The molecule has 2 aromatic rings. The van der Waals surface area contributed by atoms with Gasteiger partial charge in [-0.2, -0.15) is 0 Å². The number of likely N-dealkylation sites (N-methyl/N-ethyl adjacent to an activating group) is 1. The summed E-state index contributed by atoms with van der Waals surface area (Å²) in [6.07, 6.45) is 3.21. The van der Waals surface area contributed by atoms with E-state index in [1.807, 2.05) is 30.3 Å². The van der Waals surface area contributed by atoms with Crippen molar-refractivity contribution in [3.63, 3.8) is 0 Å². The molecule has 0 aliphatic carbocycles. The minimum absolute atomic E-state index is 0.152. The van der Waals surface area contributed by atoms with Crippen LogP contribution in [0.4, 0.5) is 5.95 Å². The largest absolute Gasteiger partial charge is 0.348 e. The molecule has 1 aliphatic heterocycles. The molecule has 0 radical (unpaired) electrons. The Morgan fingerprint density at radius 3 is 2.38 bits per heavy atom. The highest BCUT2D eigenvalue weighted by Gasteiger charge is 2.18. The van der Waals surface area contributed by atoms with Gasteiger partial charge in [0.25, 0.3) is 5.91 Å². The van der Waals surface area contributed by atoms with Crippen LogP contribution < -0.4 is 10.2 Å². The molecule has 1 aromatic carbocycles. The standard InChI is InChI=1S/C18H23N5O/c1-2-22-8-10-23(11-9-22)18-20-13-16(14-21-18)17(24)19-12-15-6-4-3-5-7-15/h3-7,13-14H,2,8-12H2,1H3,(H,19,24). The molecule has 1 aromatic heterocycles. The summed E-state index contributed by atoms with van der Waals surface area (Å²) in [6.45, 7) is 7.66. The van der Waals surface area contributed by atoms with E-state index >= 15 is 0 Å². The Kier molecular flexibility index (Phi) is 5.38. The van der Waals surface area contributed by atoms with E-state index in [0.29, 0.717) is 18.1 Å². The van der Waals surface area contributed by atoms with Crippen molar-refractivity contribution in [3.05, 3.63) is 53.9 Å². The van der Waals surface area contributed by atoms with Crippen LogP contribution >= 0.6 is 0 Å². The number of aromatic nitrogens is 2. The Labute approximate surface area is 142 Å². The summed E-state index contributed by atoms with van der Waals surface area (Å²) in [5, 5.41) is 2.89. The average Bonchev–Trinajstić information content (AvgIpc) is 2.67. The zero-order chi connectivity index (χ0) is 16.8. The average molecular weight is 325 g/mol. The van der Waals surface area contributed by atoms with Gasteiger partial charge >= 0.3 is 0 Å². The summed E-state index contributed by atoms with van der Waals surface area (Å²) in [5.74, 6) is 0.548. The summed E-state index contributed by atoms with van der Waals surface area (Å²) in [5.41, 5.74) is 1.55. The molecule has 6 nitrogen and oxygen atoms in total. The van der Waals surface area contributed by atoms with Gasteiger partial charge in [0.2, 0.25) is 5.95 Å². The molecule has 1 aliphatic rings. The first kappa shape index (κ1) is 16.4. The van der Waals surface area contributed by atoms with Gasteiger partial charge in [-0.05, 0) is 12.1 Å². The van der Waals surface area contributed by atoms with Gasteiger partial charge in [-0.25, -0.2) is 9.97 Å². The van der Waals surface area contributed by atoms with Crippen LogP contribution in [-0.4, -0.2) is 53.5 Å². The van der Waals surface area contributed by atoms with E-state index in [9.17, 15) is 4.79 Å². The second-order valence-electron chi connectivity index (χ2n) is 5.86. The molecule has 0 saturated carbocycles. The van der Waals surface area contributed by atoms with Crippen LogP contribution in [0.5, 0.6) is 0 Å². The predicted octanol–water partition coefficient (Wildman–Crippen LogP) is 1.55. The summed E-state index contributed by atoms with van der Waals surface area (Å²) in [6, 6.07) is 9.83. The number of carbonyl (C=O) groups is 1. The van der Waals surface area contributed by atoms with E-state index in [0.717, 1.165) is 38.3 Å². The van der Waals surface area contributed by atoms with E-state index in [2.05, 4.69) is 32.0 Å². The van der Waals surface area contributed by atoms with Crippen LogP contribution in [0.2, 0.25) is 0 Å². The first-order valence-corrected chi connectivity index (χ1v) is 8.37. The lowest BCUT2D eigenvalue weighted by atomic mass is 10.2. The van der Waals surface area contributed by atoms with Gasteiger partial charge in [-0.3, -0.25) is 4.79 Å². The van der Waals surface area contributed by atoms with Crippen molar-refractivity contribution < 1.29 is 4.79 Å². The molecule has 1 saturated heterocycles. The number of anilines is 1. The first-order valence-electron chi connectivity index (χ1n) is 8.37. The number of piperazine rings is 1. The maximum Gasteiger partial charge on any atom is 0.254 e. The molecule has 6 heteroatoms. The monoisotopic (exact) mass is 325 g/mol. The van der Waals surface area contributed by atoms with Crippen molar-refractivity contribution in [2.75, 3.05) is 37.6 Å². The van der Waals surface area contributed by atoms with Crippen LogP contribution in [-0.2, 0) is 6.54 Å². The van der Waals surface area contributed by atoms with Crippen molar-refractivity contribution in [2.45, 2.75) is 13.5 Å². The lowest BCUT2D eigenvalue weighted by Crippen LogP contribution is -2.46. The molecule has 2 heterocycles. The number of hydrogen-bond acceptors (Lipinski definition) is 5. The molecule has 1 fully saturated rings. The van der Waals surface area contributed by atoms with E-state index < -0.39 is 0 Å².